The standard InChI is InChI=1S/C32H28N2O6S/c1-5-39-32(36)28-26-19-25(11-12-27(26)40-29(28)23-9-7-6-8-10-23)34(31(35)24-13-15-33-16-14-24)41(37,38)30-21(3)17-20(2)18-22(30)4/h6-19H,5H2,1-4H3. The Bertz CT molecular complexity index is 1860. The molecule has 0 unspecified atom stereocenters. The molecule has 0 spiro atoms. The van der Waals surface area contributed by atoms with E-state index in [1.165, 1.54) is 36.7 Å². The SMILES string of the molecule is CCOC(=O)c1c(-c2ccccc2)oc2ccc(N(C(=O)c3ccncc3)S(=O)(=O)c3c(C)cc(C)cc3C)cc12. The molecule has 0 aliphatic rings. The van der Waals surface area contributed by atoms with E-state index in [1.807, 2.05) is 25.1 Å². The molecule has 208 valence electrons. The number of aryl methyl sites for hydroxylation is 3. The van der Waals surface area contributed by atoms with E-state index >= 15 is 0 Å². The van der Waals surface area contributed by atoms with Crippen LogP contribution in [0.2, 0.25) is 0 Å². The Hall–Kier alpha value is -4.76. The highest BCUT2D eigenvalue weighted by Gasteiger charge is 2.35. The number of fused-ring (bicyclic) bond motifs is 1. The van der Waals surface area contributed by atoms with Gasteiger partial charge in [0.05, 0.1) is 17.2 Å². The fourth-order valence-corrected chi connectivity index (χ4v) is 6.88. The molecule has 2 heterocycles. The highest BCUT2D eigenvalue weighted by molar-refractivity contribution is 7.93. The summed E-state index contributed by atoms with van der Waals surface area (Å²) in [5.74, 6) is -1.10. The molecule has 0 saturated heterocycles. The van der Waals surface area contributed by atoms with Gasteiger partial charge in [-0.1, -0.05) is 48.0 Å². The van der Waals surface area contributed by atoms with Gasteiger partial charge in [0.1, 0.15) is 16.9 Å². The molecule has 5 aromatic rings. The first-order valence-corrected chi connectivity index (χ1v) is 14.4. The van der Waals surface area contributed by atoms with E-state index in [1.54, 1.807) is 51.1 Å². The van der Waals surface area contributed by atoms with Crippen molar-refractivity contribution in [3.63, 3.8) is 0 Å². The number of amides is 1. The first-order chi connectivity index (χ1) is 19.6. The summed E-state index contributed by atoms with van der Waals surface area (Å²) in [6.45, 7) is 7.11. The molecule has 41 heavy (non-hydrogen) atoms. The number of furan rings is 1. The number of rotatable bonds is 7. The number of hydrogen-bond acceptors (Lipinski definition) is 7. The van der Waals surface area contributed by atoms with Crippen molar-refractivity contribution in [1.29, 1.82) is 0 Å². The van der Waals surface area contributed by atoms with Gasteiger partial charge in [-0.2, -0.15) is 4.31 Å². The summed E-state index contributed by atoms with van der Waals surface area (Å²) in [7, 11) is -4.42. The van der Waals surface area contributed by atoms with E-state index in [2.05, 4.69) is 4.98 Å². The van der Waals surface area contributed by atoms with Gasteiger partial charge in [0.15, 0.2) is 0 Å². The topological polar surface area (TPSA) is 107 Å². The maximum absolute atomic E-state index is 14.4. The number of carbonyl (C=O) groups excluding carboxylic acids is 2. The zero-order chi connectivity index (χ0) is 29.3. The largest absolute Gasteiger partial charge is 0.462 e. The summed E-state index contributed by atoms with van der Waals surface area (Å²) in [6, 6.07) is 20.0. The maximum atomic E-state index is 14.4. The predicted octanol–water partition coefficient (Wildman–Crippen LogP) is 6.63. The van der Waals surface area contributed by atoms with Crippen molar-refractivity contribution >= 4 is 38.6 Å². The average Bonchev–Trinajstić information content (AvgIpc) is 3.32. The third-order valence-electron chi connectivity index (χ3n) is 6.64. The van der Waals surface area contributed by atoms with Crippen LogP contribution < -0.4 is 4.31 Å². The summed E-state index contributed by atoms with van der Waals surface area (Å²) in [4.78, 5) is 31.1. The molecule has 5 rings (SSSR count). The van der Waals surface area contributed by atoms with E-state index in [4.69, 9.17) is 9.15 Å². The Balaban J connectivity index is 1.78. The molecule has 9 heteroatoms. The molecular weight excluding hydrogens is 540 g/mol. The lowest BCUT2D eigenvalue weighted by atomic mass is 10.1. The Morgan fingerprint density at radius 3 is 2.20 bits per heavy atom. The number of nitrogens with zero attached hydrogens (tertiary/aromatic N) is 2. The quantitative estimate of drug-likeness (QED) is 0.203. The van der Waals surface area contributed by atoms with Gasteiger partial charge in [-0.05, 0) is 69.2 Å². The lowest BCUT2D eigenvalue weighted by Crippen LogP contribution is -2.37. The molecule has 0 radical (unpaired) electrons. The first kappa shape index (κ1) is 27.8. The molecule has 2 aromatic heterocycles. The van der Waals surface area contributed by atoms with Crippen LogP contribution in [0.15, 0.2) is 94.5 Å². The number of carbonyl (C=O) groups is 2. The van der Waals surface area contributed by atoms with Crippen LogP contribution in [-0.2, 0) is 14.8 Å². The first-order valence-electron chi connectivity index (χ1n) is 13.0. The Morgan fingerprint density at radius 1 is 0.902 bits per heavy atom. The molecule has 0 aliphatic heterocycles. The van der Waals surface area contributed by atoms with Gasteiger partial charge in [0, 0.05) is 28.9 Å². The summed E-state index contributed by atoms with van der Waals surface area (Å²) < 4.78 is 40.9. The van der Waals surface area contributed by atoms with Crippen molar-refractivity contribution < 1.29 is 27.2 Å². The van der Waals surface area contributed by atoms with Crippen LogP contribution >= 0.6 is 0 Å². The minimum Gasteiger partial charge on any atom is -0.462 e. The zero-order valence-electron chi connectivity index (χ0n) is 23.0. The maximum Gasteiger partial charge on any atom is 0.342 e. The van der Waals surface area contributed by atoms with E-state index in [-0.39, 0.29) is 34.1 Å². The predicted molar refractivity (Wildman–Crippen MR) is 156 cm³/mol. The highest BCUT2D eigenvalue weighted by Crippen LogP contribution is 2.38. The van der Waals surface area contributed by atoms with E-state index in [0.717, 1.165) is 9.87 Å². The van der Waals surface area contributed by atoms with Gasteiger partial charge in [-0.3, -0.25) is 9.78 Å². The van der Waals surface area contributed by atoms with Crippen LogP contribution in [0, 0.1) is 20.8 Å². The number of esters is 1. The summed E-state index contributed by atoms with van der Waals surface area (Å²) in [5, 5.41) is 0.319. The minimum atomic E-state index is -4.42. The van der Waals surface area contributed by atoms with Gasteiger partial charge < -0.3 is 9.15 Å². The van der Waals surface area contributed by atoms with Crippen LogP contribution in [0.25, 0.3) is 22.3 Å². The van der Waals surface area contributed by atoms with Crippen LogP contribution in [0.3, 0.4) is 0 Å². The van der Waals surface area contributed by atoms with Crippen LogP contribution in [0.1, 0.15) is 44.3 Å². The Kier molecular flexibility index (Phi) is 7.47. The van der Waals surface area contributed by atoms with E-state index in [0.29, 0.717) is 27.7 Å². The number of anilines is 1. The number of hydrogen-bond donors (Lipinski definition) is 0. The van der Waals surface area contributed by atoms with Crippen molar-refractivity contribution in [3.8, 4) is 11.3 Å². The molecule has 0 N–H and O–H groups in total. The average molecular weight is 569 g/mol. The number of sulfonamides is 1. The van der Waals surface area contributed by atoms with Gasteiger partial charge in [-0.25, -0.2) is 13.2 Å². The molecule has 0 atom stereocenters. The molecule has 0 fully saturated rings. The summed E-state index contributed by atoms with van der Waals surface area (Å²) in [5.41, 5.74) is 3.24. The van der Waals surface area contributed by atoms with E-state index in [9.17, 15) is 18.0 Å². The lowest BCUT2D eigenvalue weighted by molar-refractivity contribution is 0.0528. The highest BCUT2D eigenvalue weighted by atomic mass is 32.2. The fourth-order valence-electron chi connectivity index (χ4n) is 5.05. The number of ether oxygens (including phenoxy) is 1. The van der Waals surface area contributed by atoms with Crippen LogP contribution in [-0.4, -0.2) is 31.9 Å². The van der Waals surface area contributed by atoms with Crippen molar-refractivity contribution in [2.45, 2.75) is 32.6 Å². The van der Waals surface area contributed by atoms with Gasteiger partial charge >= 0.3 is 5.97 Å². The van der Waals surface area contributed by atoms with Crippen molar-refractivity contribution in [1.82, 2.24) is 4.98 Å². The molecule has 0 saturated carbocycles. The Morgan fingerprint density at radius 2 is 1.56 bits per heavy atom. The zero-order valence-corrected chi connectivity index (χ0v) is 23.9. The van der Waals surface area contributed by atoms with E-state index < -0.39 is 21.9 Å². The van der Waals surface area contributed by atoms with Crippen LogP contribution in [0.5, 0.6) is 0 Å². The molecule has 0 bridgehead atoms. The second kappa shape index (κ2) is 11.0. The molecule has 3 aromatic carbocycles. The number of benzene rings is 3. The third-order valence-corrected chi connectivity index (χ3v) is 8.65. The number of aromatic nitrogens is 1. The monoisotopic (exact) mass is 568 g/mol. The Labute approximate surface area is 238 Å². The van der Waals surface area contributed by atoms with Gasteiger partial charge in [-0.15, -0.1) is 0 Å². The molecule has 8 nitrogen and oxygen atoms in total. The van der Waals surface area contributed by atoms with Gasteiger partial charge in [0.2, 0.25) is 0 Å². The minimum absolute atomic E-state index is 0.0355. The fraction of sp³-hybridized carbons (Fsp3) is 0.156. The lowest BCUT2D eigenvalue weighted by Gasteiger charge is -2.25. The van der Waals surface area contributed by atoms with Gasteiger partial charge in [0.25, 0.3) is 15.9 Å². The molecular formula is C32H28N2O6S. The second-order valence-corrected chi connectivity index (χ2v) is 11.3. The second-order valence-electron chi connectivity index (χ2n) is 9.61. The summed E-state index contributed by atoms with van der Waals surface area (Å²) >= 11 is 0. The van der Waals surface area contributed by atoms with Crippen LogP contribution in [0.4, 0.5) is 5.69 Å². The van der Waals surface area contributed by atoms with Crippen molar-refractivity contribution in [2.75, 3.05) is 10.9 Å². The summed E-state index contributed by atoms with van der Waals surface area (Å²) in [6.07, 6.45) is 2.84. The van der Waals surface area contributed by atoms with Crippen molar-refractivity contribution in [3.05, 3.63) is 113 Å². The molecule has 0 aliphatic carbocycles. The molecule has 1 amide bonds. The number of pyridine rings is 1. The smallest absolute Gasteiger partial charge is 0.342 e. The third kappa shape index (κ3) is 5.12. The van der Waals surface area contributed by atoms with Crippen molar-refractivity contribution in [2.24, 2.45) is 0 Å². The normalized spacial score (nSPS) is 11.4.